The van der Waals surface area contributed by atoms with Gasteiger partial charge in [-0.3, -0.25) is 9.59 Å². The minimum Gasteiger partial charge on any atom is -0.465 e. The average molecular weight is 331 g/mol. The first-order valence-corrected chi connectivity index (χ1v) is 8.94. The Morgan fingerprint density at radius 3 is 2.25 bits per heavy atom. The van der Waals surface area contributed by atoms with Crippen LogP contribution in [0.3, 0.4) is 0 Å². The van der Waals surface area contributed by atoms with Crippen LogP contribution in [0.4, 0.5) is 0 Å². The Morgan fingerprint density at radius 2 is 1.71 bits per heavy atom. The molecule has 0 heterocycles. The summed E-state index contributed by atoms with van der Waals surface area (Å²) in [6.07, 6.45) is 4.57. The van der Waals surface area contributed by atoms with Crippen molar-refractivity contribution in [1.82, 2.24) is 4.90 Å². The molecule has 0 bridgehead atoms. The fraction of sp³-hybridized carbons (Fsp3) is 0.600. The lowest BCUT2D eigenvalue weighted by atomic mass is 9.96. The van der Waals surface area contributed by atoms with Crippen LogP contribution in [-0.2, 0) is 20.7 Å². The lowest BCUT2D eigenvalue weighted by Crippen LogP contribution is -2.43. The molecule has 1 amide bonds. The van der Waals surface area contributed by atoms with E-state index in [1.165, 1.54) is 5.56 Å². The molecule has 132 valence electrons. The Hall–Kier alpha value is -1.84. The highest BCUT2D eigenvalue weighted by molar-refractivity contribution is 5.84. The average Bonchev–Trinajstić information content (AvgIpc) is 3.02. The van der Waals surface area contributed by atoms with Gasteiger partial charge in [-0.25, -0.2) is 0 Å². The highest BCUT2D eigenvalue weighted by atomic mass is 16.5. The van der Waals surface area contributed by atoms with Crippen LogP contribution in [0.5, 0.6) is 0 Å². The molecular formula is C20H29NO3. The number of hydrogen-bond donors (Lipinski definition) is 0. The summed E-state index contributed by atoms with van der Waals surface area (Å²) < 4.78 is 5.06. The summed E-state index contributed by atoms with van der Waals surface area (Å²) in [6, 6.07) is 4.40. The SMILES string of the molecule is CCOC(=O)CN(C(=O)Cc1c(C)cc(C)cc1C)C1CCCC1. The predicted molar refractivity (Wildman–Crippen MR) is 95.0 cm³/mol. The fourth-order valence-electron chi connectivity index (χ4n) is 3.72. The van der Waals surface area contributed by atoms with Gasteiger partial charge in [-0.15, -0.1) is 0 Å². The molecule has 1 aromatic carbocycles. The molecule has 1 aromatic rings. The van der Waals surface area contributed by atoms with Gasteiger partial charge in [-0.2, -0.15) is 0 Å². The summed E-state index contributed by atoms with van der Waals surface area (Å²) in [5, 5.41) is 0. The molecule has 1 aliphatic carbocycles. The van der Waals surface area contributed by atoms with Crippen LogP contribution < -0.4 is 0 Å². The van der Waals surface area contributed by atoms with Crippen molar-refractivity contribution in [2.45, 2.75) is 65.8 Å². The van der Waals surface area contributed by atoms with E-state index in [4.69, 9.17) is 4.74 Å². The molecule has 4 heteroatoms. The van der Waals surface area contributed by atoms with Crippen molar-refractivity contribution in [3.05, 3.63) is 34.4 Å². The second-order valence-electron chi connectivity index (χ2n) is 6.82. The zero-order valence-electron chi connectivity index (χ0n) is 15.4. The van der Waals surface area contributed by atoms with Gasteiger partial charge in [0.25, 0.3) is 0 Å². The van der Waals surface area contributed by atoms with Gasteiger partial charge in [0.2, 0.25) is 5.91 Å². The van der Waals surface area contributed by atoms with E-state index in [0.29, 0.717) is 13.0 Å². The van der Waals surface area contributed by atoms with E-state index in [2.05, 4.69) is 19.1 Å². The standard InChI is InChI=1S/C20H29NO3/c1-5-24-20(23)13-21(17-8-6-7-9-17)19(22)12-18-15(3)10-14(2)11-16(18)4/h10-11,17H,5-9,12-13H2,1-4H3. The molecule has 0 saturated heterocycles. The number of amides is 1. The molecular weight excluding hydrogens is 302 g/mol. The zero-order chi connectivity index (χ0) is 17.7. The minimum atomic E-state index is -0.310. The van der Waals surface area contributed by atoms with Gasteiger partial charge in [0.05, 0.1) is 13.0 Å². The first-order chi connectivity index (χ1) is 11.4. The van der Waals surface area contributed by atoms with Gasteiger partial charge in [0.15, 0.2) is 0 Å². The Balaban J connectivity index is 2.16. The van der Waals surface area contributed by atoms with Gasteiger partial charge >= 0.3 is 5.97 Å². The smallest absolute Gasteiger partial charge is 0.325 e. The van der Waals surface area contributed by atoms with Crippen LogP contribution in [-0.4, -0.2) is 36.0 Å². The second-order valence-corrected chi connectivity index (χ2v) is 6.82. The van der Waals surface area contributed by atoms with Crippen molar-refractivity contribution < 1.29 is 14.3 Å². The number of aryl methyl sites for hydroxylation is 3. The van der Waals surface area contributed by atoms with Gasteiger partial charge in [-0.1, -0.05) is 30.5 Å². The molecule has 1 aliphatic rings. The van der Waals surface area contributed by atoms with E-state index < -0.39 is 0 Å². The van der Waals surface area contributed by atoms with Crippen molar-refractivity contribution in [1.29, 1.82) is 0 Å². The zero-order valence-corrected chi connectivity index (χ0v) is 15.4. The van der Waals surface area contributed by atoms with E-state index in [1.807, 2.05) is 13.8 Å². The molecule has 0 aliphatic heterocycles. The molecule has 0 spiro atoms. The van der Waals surface area contributed by atoms with E-state index in [0.717, 1.165) is 42.4 Å². The molecule has 0 radical (unpaired) electrons. The quantitative estimate of drug-likeness (QED) is 0.750. The summed E-state index contributed by atoms with van der Waals surface area (Å²) in [5.74, 6) is -0.278. The second kappa shape index (κ2) is 8.32. The number of hydrogen-bond acceptors (Lipinski definition) is 3. The highest BCUT2D eigenvalue weighted by Crippen LogP contribution is 2.25. The molecule has 1 saturated carbocycles. The Morgan fingerprint density at radius 1 is 1.12 bits per heavy atom. The normalized spacial score (nSPS) is 14.7. The largest absolute Gasteiger partial charge is 0.465 e. The lowest BCUT2D eigenvalue weighted by Gasteiger charge is -2.28. The number of carbonyl (C=O) groups excluding carboxylic acids is 2. The third-order valence-corrected chi connectivity index (χ3v) is 4.86. The van der Waals surface area contributed by atoms with E-state index in [-0.39, 0.29) is 24.5 Å². The summed E-state index contributed by atoms with van der Waals surface area (Å²) in [7, 11) is 0. The number of nitrogens with zero attached hydrogens (tertiary/aromatic N) is 1. The van der Waals surface area contributed by atoms with Crippen molar-refractivity contribution in [3.63, 3.8) is 0 Å². The summed E-state index contributed by atoms with van der Waals surface area (Å²) in [6.45, 7) is 8.38. The van der Waals surface area contributed by atoms with E-state index >= 15 is 0 Å². The van der Waals surface area contributed by atoms with Gasteiger partial charge in [0, 0.05) is 6.04 Å². The van der Waals surface area contributed by atoms with E-state index in [9.17, 15) is 9.59 Å². The third-order valence-electron chi connectivity index (χ3n) is 4.86. The fourth-order valence-corrected chi connectivity index (χ4v) is 3.72. The first-order valence-electron chi connectivity index (χ1n) is 8.94. The van der Waals surface area contributed by atoms with E-state index in [1.54, 1.807) is 11.8 Å². The monoisotopic (exact) mass is 331 g/mol. The molecule has 4 nitrogen and oxygen atoms in total. The van der Waals surface area contributed by atoms with Crippen molar-refractivity contribution in [3.8, 4) is 0 Å². The molecule has 24 heavy (non-hydrogen) atoms. The van der Waals surface area contributed by atoms with Gasteiger partial charge in [-0.05, 0) is 57.2 Å². The Bertz CT molecular complexity index is 580. The number of rotatable bonds is 6. The van der Waals surface area contributed by atoms with Crippen LogP contribution in [0.1, 0.15) is 54.9 Å². The third kappa shape index (κ3) is 4.59. The van der Waals surface area contributed by atoms with Gasteiger partial charge < -0.3 is 9.64 Å². The number of esters is 1. The Labute approximate surface area is 145 Å². The molecule has 0 N–H and O–H groups in total. The topological polar surface area (TPSA) is 46.6 Å². The van der Waals surface area contributed by atoms with Crippen LogP contribution >= 0.6 is 0 Å². The van der Waals surface area contributed by atoms with Crippen LogP contribution in [0.15, 0.2) is 12.1 Å². The lowest BCUT2D eigenvalue weighted by molar-refractivity contribution is -0.150. The molecule has 0 unspecified atom stereocenters. The molecule has 2 rings (SSSR count). The molecule has 0 aromatic heterocycles. The first kappa shape index (κ1) is 18.5. The van der Waals surface area contributed by atoms with Crippen LogP contribution in [0.2, 0.25) is 0 Å². The van der Waals surface area contributed by atoms with Crippen LogP contribution in [0.25, 0.3) is 0 Å². The highest BCUT2D eigenvalue weighted by Gasteiger charge is 2.29. The molecule has 0 atom stereocenters. The maximum atomic E-state index is 12.9. The number of benzene rings is 1. The maximum Gasteiger partial charge on any atom is 0.325 e. The summed E-state index contributed by atoms with van der Waals surface area (Å²) in [5.41, 5.74) is 4.57. The predicted octanol–water partition coefficient (Wildman–Crippen LogP) is 3.49. The van der Waals surface area contributed by atoms with Crippen molar-refractivity contribution >= 4 is 11.9 Å². The van der Waals surface area contributed by atoms with Crippen molar-refractivity contribution in [2.24, 2.45) is 0 Å². The van der Waals surface area contributed by atoms with Gasteiger partial charge in [0.1, 0.15) is 6.54 Å². The molecule has 1 fully saturated rings. The Kier molecular flexibility index (Phi) is 6.41. The van der Waals surface area contributed by atoms with Crippen molar-refractivity contribution in [2.75, 3.05) is 13.2 Å². The number of ether oxygens (including phenoxy) is 1. The number of carbonyl (C=O) groups is 2. The maximum absolute atomic E-state index is 12.9. The summed E-state index contributed by atoms with van der Waals surface area (Å²) >= 11 is 0. The van der Waals surface area contributed by atoms with Crippen LogP contribution in [0, 0.1) is 20.8 Å². The minimum absolute atomic E-state index is 0.0324. The summed E-state index contributed by atoms with van der Waals surface area (Å²) in [4.78, 5) is 26.6.